The Labute approximate surface area is 128 Å². The van der Waals surface area contributed by atoms with Crippen molar-refractivity contribution in [2.24, 2.45) is 0 Å². The molecule has 6 heteroatoms. The summed E-state index contributed by atoms with van der Waals surface area (Å²) in [5.41, 5.74) is 1.94. The molecule has 5 nitrogen and oxygen atoms in total. The highest BCUT2D eigenvalue weighted by Crippen LogP contribution is 2.20. The number of para-hydroxylation sites is 2. The van der Waals surface area contributed by atoms with Crippen LogP contribution in [-0.2, 0) is 9.53 Å². The Hall–Kier alpha value is -1.53. The van der Waals surface area contributed by atoms with E-state index in [0.717, 1.165) is 16.2 Å². The van der Waals surface area contributed by atoms with Gasteiger partial charge >= 0.3 is 5.97 Å². The Bertz CT molecular complexity index is 564. The van der Waals surface area contributed by atoms with Crippen molar-refractivity contribution in [3.05, 3.63) is 24.3 Å². The number of ether oxygens (including phenoxy) is 1. The van der Waals surface area contributed by atoms with Crippen molar-refractivity contribution in [2.45, 2.75) is 38.0 Å². The third kappa shape index (κ3) is 4.47. The number of aromatic nitrogens is 2. The molecule has 0 bridgehead atoms. The minimum Gasteiger partial charge on any atom is -0.465 e. The van der Waals surface area contributed by atoms with E-state index in [2.05, 4.69) is 15.3 Å². The Kier molecular flexibility index (Phi) is 5.64. The number of esters is 1. The summed E-state index contributed by atoms with van der Waals surface area (Å²) in [5.74, 6) is 0.367. The standard InChI is InChI=1S/C15H21N3O2S/c1-4-20-14(19)13(16-10(2)3)9-21-15-17-11-7-5-6-8-12(11)18-15/h5-8,10,13,16H,4,9H2,1-3H3,(H,17,18). The Morgan fingerprint density at radius 1 is 1.43 bits per heavy atom. The third-order valence-electron chi connectivity index (χ3n) is 2.86. The van der Waals surface area contributed by atoms with E-state index in [1.54, 1.807) is 0 Å². The van der Waals surface area contributed by atoms with E-state index in [9.17, 15) is 4.79 Å². The Morgan fingerprint density at radius 3 is 2.86 bits per heavy atom. The van der Waals surface area contributed by atoms with Gasteiger partial charge in [0.25, 0.3) is 0 Å². The second-order valence-corrected chi connectivity index (χ2v) is 6.00. The lowest BCUT2D eigenvalue weighted by Crippen LogP contribution is -2.43. The number of nitrogens with zero attached hydrogens (tertiary/aromatic N) is 1. The van der Waals surface area contributed by atoms with Crippen molar-refractivity contribution in [1.29, 1.82) is 0 Å². The van der Waals surface area contributed by atoms with Crippen LogP contribution < -0.4 is 5.32 Å². The van der Waals surface area contributed by atoms with Gasteiger partial charge in [-0.25, -0.2) is 4.98 Å². The number of carbonyl (C=O) groups excluding carboxylic acids is 1. The molecule has 21 heavy (non-hydrogen) atoms. The second-order valence-electron chi connectivity index (χ2n) is 5.00. The van der Waals surface area contributed by atoms with Crippen molar-refractivity contribution in [3.8, 4) is 0 Å². The molecule has 0 aliphatic rings. The molecule has 0 saturated carbocycles. The van der Waals surface area contributed by atoms with Crippen LogP contribution in [0.1, 0.15) is 20.8 Å². The number of imidazole rings is 1. The van der Waals surface area contributed by atoms with Gasteiger partial charge in [0.2, 0.25) is 0 Å². The molecule has 114 valence electrons. The van der Waals surface area contributed by atoms with Crippen molar-refractivity contribution < 1.29 is 9.53 Å². The lowest BCUT2D eigenvalue weighted by atomic mass is 10.3. The van der Waals surface area contributed by atoms with Crippen molar-refractivity contribution >= 4 is 28.8 Å². The number of hydrogen-bond donors (Lipinski definition) is 2. The van der Waals surface area contributed by atoms with E-state index in [0.29, 0.717) is 12.4 Å². The minimum atomic E-state index is -0.330. The molecule has 0 spiro atoms. The number of benzene rings is 1. The highest BCUT2D eigenvalue weighted by atomic mass is 32.2. The van der Waals surface area contributed by atoms with Crippen LogP contribution in [-0.4, -0.2) is 40.4 Å². The number of H-pyrrole nitrogens is 1. The van der Waals surface area contributed by atoms with Crippen molar-refractivity contribution in [1.82, 2.24) is 15.3 Å². The number of fused-ring (bicyclic) bond motifs is 1. The molecule has 1 aromatic heterocycles. The number of carbonyl (C=O) groups is 1. The number of hydrogen-bond acceptors (Lipinski definition) is 5. The third-order valence-corrected chi connectivity index (χ3v) is 3.83. The van der Waals surface area contributed by atoms with Crippen LogP contribution in [0.5, 0.6) is 0 Å². The van der Waals surface area contributed by atoms with Crippen molar-refractivity contribution in [3.63, 3.8) is 0 Å². The number of rotatable bonds is 7. The van der Waals surface area contributed by atoms with E-state index in [1.807, 2.05) is 45.0 Å². The molecular formula is C15H21N3O2S. The first-order valence-electron chi connectivity index (χ1n) is 7.10. The fraction of sp³-hybridized carbons (Fsp3) is 0.467. The molecule has 1 aromatic carbocycles. The summed E-state index contributed by atoms with van der Waals surface area (Å²) in [4.78, 5) is 19.7. The molecule has 1 heterocycles. The smallest absolute Gasteiger partial charge is 0.324 e. The Balaban J connectivity index is 2.01. The quantitative estimate of drug-likeness (QED) is 0.608. The van der Waals surface area contributed by atoms with Gasteiger partial charge in [-0.2, -0.15) is 0 Å². The van der Waals surface area contributed by atoms with Gasteiger partial charge in [-0.1, -0.05) is 37.7 Å². The predicted molar refractivity (Wildman–Crippen MR) is 85.5 cm³/mol. The summed E-state index contributed by atoms with van der Waals surface area (Å²) in [7, 11) is 0. The van der Waals surface area contributed by atoms with Crippen molar-refractivity contribution in [2.75, 3.05) is 12.4 Å². The van der Waals surface area contributed by atoms with Gasteiger partial charge in [0.1, 0.15) is 6.04 Å². The fourth-order valence-electron chi connectivity index (χ4n) is 1.99. The fourth-order valence-corrected chi connectivity index (χ4v) is 2.89. The molecule has 0 saturated heterocycles. The SMILES string of the molecule is CCOC(=O)C(CSc1nc2ccccc2[nH]1)NC(C)C. The molecule has 0 fully saturated rings. The molecule has 0 aliphatic heterocycles. The van der Waals surface area contributed by atoms with Gasteiger partial charge in [-0.3, -0.25) is 4.79 Å². The van der Waals surface area contributed by atoms with Gasteiger partial charge in [-0.15, -0.1) is 0 Å². The maximum Gasteiger partial charge on any atom is 0.324 e. The first-order valence-corrected chi connectivity index (χ1v) is 8.09. The minimum absolute atomic E-state index is 0.213. The van der Waals surface area contributed by atoms with E-state index < -0.39 is 0 Å². The lowest BCUT2D eigenvalue weighted by molar-refractivity contribution is -0.145. The molecule has 0 amide bonds. The molecule has 1 unspecified atom stereocenters. The summed E-state index contributed by atoms with van der Waals surface area (Å²) in [6, 6.07) is 7.77. The molecule has 2 aromatic rings. The molecule has 0 aliphatic carbocycles. The first-order chi connectivity index (χ1) is 10.1. The summed E-state index contributed by atoms with van der Waals surface area (Å²) in [5, 5.41) is 4.05. The van der Waals surface area contributed by atoms with Crippen LogP contribution in [0, 0.1) is 0 Å². The van der Waals surface area contributed by atoms with Gasteiger partial charge in [-0.05, 0) is 19.1 Å². The lowest BCUT2D eigenvalue weighted by Gasteiger charge is -2.18. The molecule has 2 N–H and O–H groups in total. The normalized spacial score (nSPS) is 12.8. The zero-order valence-corrected chi connectivity index (χ0v) is 13.4. The summed E-state index contributed by atoms with van der Waals surface area (Å²) in [6.07, 6.45) is 0. The Morgan fingerprint density at radius 2 is 2.19 bits per heavy atom. The highest BCUT2D eigenvalue weighted by molar-refractivity contribution is 7.99. The van der Waals surface area contributed by atoms with Gasteiger partial charge < -0.3 is 15.0 Å². The zero-order chi connectivity index (χ0) is 15.2. The number of aromatic amines is 1. The summed E-state index contributed by atoms with van der Waals surface area (Å²) >= 11 is 1.52. The number of thioether (sulfide) groups is 1. The average Bonchev–Trinajstić information content (AvgIpc) is 2.86. The highest BCUT2D eigenvalue weighted by Gasteiger charge is 2.21. The first kappa shape index (κ1) is 15.9. The summed E-state index contributed by atoms with van der Waals surface area (Å²) in [6.45, 7) is 6.23. The molecule has 1 atom stereocenters. The monoisotopic (exact) mass is 307 g/mol. The maximum atomic E-state index is 11.9. The topological polar surface area (TPSA) is 67.0 Å². The predicted octanol–water partition coefficient (Wildman–Crippen LogP) is 2.58. The van der Waals surface area contributed by atoms with Gasteiger partial charge in [0, 0.05) is 11.8 Å². The zero-order valence-electron chi connectivity index (χ0n) is 12.6. The average molecular weight is 307 g/mol. The largest absolute Gasteiger partial charge is 0.465 e. The van der Waals surface area contributed by atoms with E-state index in [-0.39, 0.29) is 18.1 Å². The van der Waals surface area contributed by atoms with Crippen LogP contribution in [0.3, 0.4) is 0 Å². The summed E-state index contributed by atoms with van der Waals surface area (Å²) < 4.78 is 5.11. The van der Waals surface area contributed by atoms with E-state index in [4.69, 9.17) is 4.74 Å². The molecule has 0 radical (unpaired) electrons. The van der Waals surface area contributed by atoms with Crippen LogP contribution in [0.15, 0.2) is 29.4 Å². The van der Waals surface area contributed by atoms with Crippen LogP contribution >= 0.6 is 11.8 Å². The second kappa shape index (κ2) is 7.47. The van der Waals surface area contributed by atoms with Gasteiger partial charge in [0.15, 0.2) is 5.16 Å². The van der Waals surface area contributed by atoms with Gasteiger partial charge in [0.05, 0.1) is 17.6 Å². The van der Waals surface area contributed by atoms with Crippen LogP contribution in [0.25, 0.3) is 11.0 Å². The molecular weight excluding hydrogens is 286 g/mol. The van der Waals surface area contributed by atoms with Crippen LogP contribution in [0.4, 0.5) is 0 Å². The van der Waals surface area contributed by atoms with E-state index in [1.165, 1.54) is 11.8 Å². The number of nitrogens with one attached hydrogen (secondary N) is 2. The van der Waals surface area contributed by atoms with E-state index >= 15 is 0 Å². The van der Waals surface area contributed by atoms with Crippen LogP contribution in [0.2, 0.25) is 0 Å². The molecule has 2 rings (SSSR count). The maximum absolute atomic E-state index is 11.9.